The first-order chi connectivity index (χ1) is 12.4. The molecule has 0 aromatic heterocycles. The van der Waals surface area contributed by atoms with E-state index in [0.29, 0.717) is 17.9 Å². The van der Waals surface area contributed by atoms with Gasteiger partial charge in [0.05, 0.1) is 5.69 Å². The number of anilines is 1. The van der Waals surface area contributed by atoms with Crippen molar-refractivity contribution in [3.05, 3.63) is 53.6 Å². The Kier molecular flexibility index (Phi) is 5.11. The molecule has 0 bridgehead atoms. The highest BCUT2D eigenvalue weighted by Crippen LogP contribution is 2.30. The van der Waals surface area contributed by atoms with E-state index in [1.54, 1.807) is 26.2 Å². The zero-order valence-electron chi connectivity index (χ0n) is 15.1. The van der Waals surface area contributed by atoms with Gasteiger partial charge in [-0.25, -0.2) is 0 Å². The fraction of sp³-hybridized carbons (Fsp3) is 0.300. The molecule has 0 saturated carbocycles. The number of nitrogens with zero attached hydrogens (tertiary/aromatic N) is 1. The molecule has 0 radical (unpaired) electrons. The van der Waals surface area contributed by atoms with Crippen LogP contribution in [0.5, 0.6) is 11.5 Å². The largest absolute Gasteiger partial charge is 0.482 e. The third-order valence-corrected chi connectivity index (χ3v) is 4.18. The van der Waals surface area contributed by atoms with E-state index < -0.39 is 6.10 Å². The van der Waals surface area contributed by atoms with E-state index in [9.17, 15) is 9.59 Å². The summed E-state index contributed by atoms with van der Waals surface area (Å²) >= 11 is 0. The van der Waals surface area contributed by atoms with Crippen molar-refractivity contribution < 1.29 is 19.1 Å². The van der Waals surface area contributed by atoms with Crippen molar-refractivity contribution in [3.63, 3.8) is 0 Å². The number of carbonyl (C=O) groups excluding carboxylic acids is 2. The Morgan fingerprint density at radius 1 is 1.23 bits per heavy atom. The maximum Gasteiger partial charge on any atom is 0.265 e. The van der Waals surface area contributed by atoms with Crippen LogP contribution in [-0.4, -0.2) is 43.5 Å². The number of likely N-dealkylation sites (N-methyl/N-ethyl adjacent to an activating group) is 1. The average molecular weight is 354 g/mol. The highest BCUT2D eigenvalue weighted by atomic mass is 16.5. The lowest BCUT2D eigenvalue weighted by Crippen LogP contribution is -2.32. The van der Waals surface area contributed by atoms with E-state index in [4.69, 9.17) is 9.47 Å². The molecule has 0 fully saturated rings. The molecular weight excluding hydrogens is 332 g/mol. The fourth-order valence-corrected chi connectivity index (χ4v) is 2.66. The van der Waals surface area contributed by atoms with Crippen molar-refractivity contribution in [1.29, 1.82) is 0 Å². The van der Waals surface area contributed by atoms with Gasteiger partial charge in [-0.05, 0) is 36.2 Å². The summed E-state index contributed by atoms with van der Waals surface area (Å²) < 4.78 is 11.3. The third-order valence-electron chi connectivity index (χ3n) is 4.18. The van der Waals surface area contributed by atoms with Gasteiger partial charge in [0.2, 0.25) is 0 Å². The lowest BCUT2D eigenvalue weighted by atomic mass is 10.1. The molecule has 0 saturated heterocycles. The van der Waals surface area contributed by atoms with Gasteiger partial charge in [0.15, 0.2) is 12.7 Å². The molecule has 6 nitrogen and oxygen atoms in total. The Morgan fingerprint density at radius 2 is 2.00 bits per heavy atom. The monoisotopic (exact) mass is 354 g/mol. The van der Waals surface area contributed by atoms with E-state index in [-0.39, 0.29) is 18.4 Å². The maximum absolute atomic E-state index is 12.6. The van der Waals surface area contributed by atoms with Crippen molar-refractivity contribution in [1.82, 2.24) is 4.90 Å². The molecule has 0 spiro atoms. The van der Waals surface area contributed by atoms with Gasteiger partial charge in [0.25, 0.3) is 11.8 Å². The number of aryl methyl sites for hydroxylation is 1. The predicted octanol–water partition coefficient (Wildman–Crippen LogP) is 2.40. The van der Waals surface area contributed by atoms with Crippen LogP contribution in [0.15, 0.2) is 42.5 Å². The molecule has 1 aliphatic rings. The Bertz CT molecular complexity index is 807. The number of amides is 2. The number of para-hydroxylation sites is 1. The second-order valence-electron chi connectivity index (χ2n) is 6.48. The van der Waals surface area contributed by atoms with Crippen LogP contribution in [-0.2, 0) is 16.0 Å². The SMILES string of the molecule is Cc1ccc(NC(=O)[C@H]2Cc3ccccc3O2)c(OCC(=O)N(C)C)c1. The minimum atomic E-state index is -0.579. The lowest BCUT2D eigenvalue weighted by Gasteiger charge is -2.16. The van der Waals surface area contributed by atoms with Crippen LogP contribution < -0.4 is 14.8 Å². The van der Waals surface area contributed by atoms with Crippen molar-refractivity contribution in [3.8, 4) is 11.5 Å². The molecule has 2 aromatic rings. The molecule has 2 aromatic carbocycles. The molecule has 136 valence electrons. The van der Waals surface area contributed by atoms with Gasteiger partial charge in [0.1, 0.15) is 11.5 Å². The van der Waals surface area contributed by atoms with Crippen molar-refractivity contribution in [2.24, 2.45) is 0 Å². The van der Waals surface area contributed by atoms with Gasteiger partial charge in [-0.15, -0.1) is 0 Å². The Morgan fingerprint density at radius 3 is 2.73 bits per heavy atom. The molecule has 1 atom stereocenters. The second-order valence-corrected chi connectivity index (χ2v) is 6.48. The molecule has 1 aliphatic heterocycles. The molecule has 6 heteroatoms. The first-order valence-electron chi connectivity index (χ1n) is 8.43. The molecule has 0 aliphatic carbocycles. The smallest absolute Gasteiger partial charge is 0.265 e. The Balaban J connectivity index is 1.69. The third kappa shape index (κ3) is 3.96. The number of hydrogen-bond acceptors (Lipinski definition) is 4. The summed E-state index contributed by atoms with van der Waals surface area (Å²) in [5.74, 6) is 0.806. The predicted molar refractivity (Wildman–Crippen MR) is 98.6 cm³/mol. The van der Waals surface area contributed by atoms with Gasteiger partial charge in [0, 0.05) is 20.5 Å². The van der Waals surface area contributed by atoms with Crippen LogP contribution in [0.2, 0.25) is 0 Å². The number of nitrogens with one attached hydrogen (secondary N) is 1. The van der Waals surface area contributed by atoms with E-state index in [2.05, 4.69) is 5.32 Å². The summed E-state index contributed by atoms with van der Waals surface area (Å²) in [5.41, 5.74) is 2.51. The molecule has 2 amide bonds. The number of carbonyl (C=O) groups is 2. The number of hydrogen-bond donors (Lipinski definition) is 1. The number of ether oxygens (including phenoxy) is 2. The fourth-order valence-electron chi connectivity index (χ4n) is 2.66. The highest BCUT2D eigenvalue weighted by Gasteiger charge is 2.29. The van der Waals surface area contributed by atoms with Gasteiger partial charge in [-0.3, -0.25) is 9.59 Å². The first-order valence-corrected chi connectivity index (χ1v) is 8.43. The van der Waals surface area contributed by atoms with Gasteiger partial charge >= 0.3 is 0 Å². The zero-order valence-corrected chi connectivity index (χ0v) is 15.1. The zero-order chi connectivity index (χ0) is 18.7. The number of benzene rings is 2. The normalized spacial score (nSPS) is 15.0. The Hall–Kier alpha value is -3.02. The molecule has 3 rings (SSSR count). The lowest BCUT2D eigenvalue weighted by molar-refractivity contribution is -0.130. The quantitative estimate of drug-likeness (QED) is 0.895. The summed E-state index contributed by atoms with van der Waals surface area (Å²) in [6, 6.07) is 13.1. The molecular formula is C20H22N2O4. The van der Waals surface area contributed by atoms with Gasteiger partial charge in [-0.1, -0.05) is 24.3 Å². The first kappa shape index (κ1) is 17.8. The van der Waals surface area contributed by atoms with E-state index in [1.165, 1.54) is 4.90 Å². The summed E-state index contributed by atoms with van der Waals surface area (Å²) in [6.07, 6.45) is -0.0478. The van der Waals surface area contributed by atoms with E-state index in [1.807, 2.05) is 37.3 Å². The van der Waals surface area contributed by atoms with Crippen molar-refractivity contribution >= 4 is 17.5 Å². The van der Waals surface area contributed by atoms with Gasteiger partial charge in [-0.2, -0.15) is 0 Å². The van der Waals surface area contributed by atoms with Crippen molar-refractivity contribution in [2.45, 2.75) is 19.4 Å². The molecule has 0 unspecified atom stereocenters. The summed E-state index contributed by atoms with van der Waals surface area (Å²) in [5, 5.41) is 2.85. The second kappa shape index (κ2) is 7.47. The summed E-state index contributed by atoms with van der Waals surface area (Å²) in [6.45, 7) is 1.83. The molecule has 1 heterocycles. The maximum atomic E-state index is 12.6. The van der Waals surface area contributed by atoms with Crippen LogP contribution in [0.3, 0.4) is 0 Å². The van der Waals surface area contributed by atoms with Crippen molar-refractivity contribution in [2.75, 3.05) is 26.0 Å². The standard InChI is InChI=1S/C20H22N2O4/c1-13-8-9-15(17(10-13)25-12-19(23)22(2)3)21-20(24)18-11-14-6-4-5-7-16(14)26-18/h4-10,18H,11-12H2,1-3H3,(H,21,24)/t18-/m1/s1. The summed E-state index contributed by atoms with van der Waals surface area (Å²) in [4.78, 5) is 25.8. The van der Waals surface area contributed by atoms with Crippen LogP contribution in [0, 0.1) is 6.92 Å². The summed E-state index contributed by atoms with van der Waals surface area (Å²) in [7, 11) is 3.33. The van der Waals surface area contributed by atoms with Crippen LogP contribution in [0.1, 0.15) is 11.1 Å². The molecule has 1 N–H and O–H groups in total. The van der Waals surface area contributed by atoms with Crippen LogP contribution in [0.4, 0.5) is 5.69 Å². The minimum Gasteiger partial charge on any atom is -0.482 e. The topological polar surface area (TPSA) is 67.9 Å². The number of fused-ring (bicyclic) bond motifs is 1. The van der Waals surface area contributed by atoms with Crippen LogP contribution in [0.25, 0.3) is 0 Å². The average Bonchev–Trinajstić information content (AvgIpc) is 3.05. The Labute approximate surface area is 152 Å². The van der Waals surface area contributed by atoms with E-state index in [0.717, 1.165) is 16.9 Å². The number of rotatable bonds is 5. The van der Waals surface area contributed by atoms with Crippen LogP contribution >= 0.6 is 0 Å². The van der Waals surface area contributed by atoms with Gasteiger partial charge < -0.3 is 19.7 Å². The minimum absolute atomic E-state index is 0.0926. The van der Waals surface area contributed by atoms with E-state index >= 15 is 0 Å². The highest BCUT2D eigenvalue weighted by molar-refractivity contribution is 5.96. The molecule has 26 heavy (non-hydrogen) atoms.